The molecule has 0 fully saturated rings. The molecular weight excluding hydrogens is 190 g/mol. The minimum atomic E-state index is -0.176. The number of rotatable bonds is 6. The van der Waals surface area contributed by atoms with Crippen LogP contribution in [0.1, 0.15) is 32.3 Å². The molecule has 0 spiro atoms. The quantitative estimate of drug-likeness (QED) is 0.740. The average Bonchev–Trinajstić information content (AvgIpc) is 2.62. The van der Waals surface area contributed by atoms with Crippen molar-refractivity contribution >= 4 is 0 Å². The molecule has 0 radical (unpaired) electrons. The summed E-state index contributed by atoms with van der Waals surface area (Å²) < 4.78 is 1.78. The summed E-state index contributed by atoms with van der Waals surface area (Å²) in [5.41, 5.74) is 0.971. The van der Waals surface area contributed by atoms with Gasteiger partial charge in [0.2, 0.25) is 0 Å². The summed E-state index contributed by atoms with van der Waals surface area (Å²) in [6.45, 7) is 5.10. The van der Waals surface area contributed by atoms with Crippen LogP contribution in [0.2, 0.25) is 0 Å². The minimum Gasteiger partial charge on any atom is -0.394 e. The second kappa shape index (κ2) is 5.28. The van der Waals surface area contributed by atoms with Gasteiger partial charge in [0.1, 0.15) is 0 Å². The van der Waals surface area contributed by atoms with Crippen molar-refractivity contribution in [1.82, 2.24) is 15.1 Å². The Morgan fingerprint density at radius 1 is 1.60 bits per heavy atom. The Labute approximate surface area is 91.3 Å². The number of aromatic nitrogens is 2. The Hall–Kier alpha value is -0.870. The summed E-state index contributed by atoms with van der Waals surface area (Å²) in [7, 11) is 1.90. The number of aliphatic hydroxyl groups excluding tert-OH is 1. The molecule has 0 aliphatic heterocycles. The molecule has 4 nitrogen and oxygen atoms in total. The Morgan fingerprint density at radius 3 is 2.80 bits per heavy atom. The highest BCUT2D eigenvalue weighted by atomic mass is 16.3. The van der Waals surface area contributed by atoms with Crippen LogP contribution in [0.5, 0.6) is 0 Å². The molecule has 1 atom stereocenters. The van der Waals surface area contributed by atoms with Crippen LogP contribution in [-0.2, 0) is 13.6 Å². The second-order valence-electron chi connectivity index (χ2n) is 4.34. The molecule has 0 aliphatic rings. The summed E-state index contributed by atoms with van der Waals surface area (Å²) in [5, 5.41) is 16.8. The maximum absolute atomic E-state index is 9.32. The molecular formula is C11H21N3O. The fourth-order valence-corrected chi connectivity index (χ4v) is 1.65. The first-order valence-electron chi connectivity index (χ1n) is 5.43. The van der Waals surface area contributed by atoms with E-state index in [0.29, 0.717) is 0 Å². The van der Waals surface area contributed by atoms with Crippen LogP contribution in [0, 0.1) is 0 Å². The molecule has 2 N–H and O–H groups in total. The highest BCUT2D eigenvalue weighted by Crippen LogP contribution is 2.12. The predicted molar refractivity (Wildman–Crippen MR) is 60.4 cm³/mol. The van der Waals surface area contributed by atoms with Crippen LogP contribution in [0.3, 0.4) is 0 Å². The fourth-order valence-electron chi connectivity index (χ4n) is 1.65. The van der Waals surface area contributed by atoms with Gasteiger partial charge >= 0.3 is 0 Å². The van der Waals surface area contributed by atoms with Crippen LogP contribution in [0.4, 0.5) is 0 Å². The predicted octanol–water partition coefficient (Wildman–Crippen LogP) is 1.06. The number of nitrogens with zero attached hydrogens (tertiary/aromatic N) is 2. The minimum absolute atomic E-state index is 0.168. The molecule has 1 rings (SSSR count). The van der Waals surface area contributed by atoms with E-state index in [4.69, 9.17) is 0 Å². The fraction of sp³-hybridized carbons (Fsp3) is 0.727. The van der Waals surface area contributed by atoms with Gasteiger partial charge in [-0.15, -0.1) is 0 Å². The lowest BCUT2D eigenvalue weighted by Gasteiger charge is -2.28. The largest absolute Gasteiger partial charge is 0.394 e. The van der Waals surface area contributed by atoms with Gasteiger partial charge in [0.15, 0.2) is 0 Å². The van der Waals surface area contributed by atoms with Crippen molar-refractivity contribution in [3.8, 4) is 0 Å². The standard InChI is InChI=1S/C11H21N3O/c1-4-5-11(2,9-15)12-6-10-7-13-14(3)8-10/h7-8,12,15H,4-6,9H2,1-3H3. The number of aliphatic hydroxyl groups is 1. The van der Waals surface area contributed by atoms with Crippen LogP contribution < -0.4 is 5.32 Å². The Bertz CT molecular complexity index is 298. The number of aryl methyl sites for hydroxylation is 1. The normalized spacial score (nSPS) is 15.2. The molecule has 15 heavy (non-hydrogen) atoms. The van der Waals surface area contributed by atoms with Gasteiger partial charge in [-0.25, -0.2) is 0 Å². The third-order valence-electron chi connectivity index (χ3n) is 2.63. The molecule has 86 valence electrons. The zero-order valence-electron chi connectivity index (χ0n) is 9.82. The maximum atomic E-state index is 9.32. The lowest BCUT2D eigenvalue weighted by atomic mass is 9.97. The van der Waals surface area contributed by atoms with Crippen LogP contribution in [0.25, 0.3) is 0 Å². The number of hydrogen-bond acceptors (Lipinski definition) is 3. The average molecular weight is 211 g/mol. The molecule has 0 aliphatic carbocycles. The third kappa shape index (κ3) is 3.64. The van der Waals surface area contributed by atoms with E-state index < -0.39 is 0 Å². The topological polar surface area (TPSA) is 50.1 Å². The Kier molecular flexibility index (Phi) is 4.29. The highest BCUT2D eigenvalue weighted by Gasteiger charge is 2.21. The Balaban J connectivity index is 2.47. The molecule has 0 saturated carbocycles. The molecule has 1 aromatic heterocycles. The zero-order valence-corrected chi connectivity index (χ0v) is 9.82. The summed E-state index contributed by atoms with van der Waals surface area (Å²) in [6, 6.07) is 0. The molecule has 1 heterocycles. The molecule has 4 heteroatoms. The van der Waals surface area contributed by atoms with E-state index >= 15 is 0 Å². The molecule has 0 bridgehead atoms. The van der Waals surface area contributed by atoms with Gasteiger partial charge in [0.05, 0.1) is 12.8 Å². The smallest absolute Gasteiger partial charge is 0.0610 e. The summed E-state index contributed by atoms with van der Waals surface area (Å²) in [6.07, 6.45) is 5.87. The van der Waals surface area contributed by atoms with Crippen molar-refractivity contribution in [3.05, 3.63) is 18.0 Å². The first-order chi connectivity index (χ1) is 7.09. The first kappa shape index (κ1) is 12.2. The third-order valence-corrected chi connectivity index (χ3v) is 2.63. The van der Waals surface area contributed by atoms with E-state index in [-0.39, 0.29) is 12.1 Å². The van der Waals surface area contributed by atoms with Gasteiger partial charge in [-0.05, 0) is 13.3 Å². The van der Waals surface area contributed by atoms with Crippen molar-refractivity contribution in [3.63, 3.8) is 0 Å². The van der Waals surface area contributed by atoms with Gasteiger partial charge in [-0.3, -0.25) is 4.68 Å². The number of nitrogens with one attached hydrogen (secondary N) is 1. The van der Waals surface area contributed by atoms with E-state index in [9.17, 15) is 5.11 Å². The lowest BCUT2D eigenvalue weighted by molar-refractivity contribution is 0.163. The SMILES string of the molecule is CCCC(C)(CO)NCc1cnn(C)c1. The highest BCUT2D eigenvalue weighted by molar-refractivity contribution is 5.04. The van der Waals surface area contributed by atoms with Crippen LogP contribution in [0.15, 0.2) is 12.4 Å². The molecule has 0 saturated heterocycles. The van der Waals surface area contributed by atoms with E-state index in [0.717, 1.165) is 24.9 Å². The molecule has 1 aromatic rings. The molecule has 0 amide bonds. The monoisotopic (exact) mass is 211 g/mol. The van der Waals surface area contributed by atoms with E-state index in [1.165, 1.54) is 0 Å². The van der Waals surface area contributed by atoms with Crippen molar-refractivity contribution in [2.24, 2.45) is 7.05 Å². The summed E-state index contributed by atoms with van der Waals surface area (Å²) >= 11 is 0. The molecule has 0 aromatic carbocycles. The second-order valence-corrected chi connectivity index (χ2v) is 4.34. The van der Waals surface area contributed by atoms with Crippen molar-refractivity contribution in [2.75, 3.05) is 6.61 Å². The van der Waals surface area contributed by atoms with Gasteiger partial charge in [-0.1, -0.05) is 13.3 Å². The van der Waals surface area contributed by atoms with Crippen molar-refractivity contribution in [1.29, 1.82) is 0 Å². The zero-order chi connectivity index (χ0) is 11.3. The van der Waals surface area contributed by atoms with E-state index in [1.54, 1.807) is 4.68 Å². The van der Waals surface area contributed by atoms with Crippen molar-refractivity contribution in [2.45, 2.75) is 38.8 Å². The van der Waals surface area contributed by atoms with E-state index in [2.05, 4.69) is 17.3 Å². The summed E-state index contributed by atoms with van der Waals surface area (Å²) in [5.74, 6) is 0. The van der Waals surface area contributed by atoms with E-state index in [1.807, 2.05) is 26.4 Å². The Morgan fingerprint density at radius 2 is 2.33 bits per heavy atom. The van der Waals surface area contributed by atoms with Crippen LogP contribution >= 0.6 is 0 Å². The summed E-state index contributed by atoms with van der Waals surface area (Å²) in [4.78, 5) is 0. The first-order valence-corrected chi connectivity index (χ1v) is 5.43. The van der Waals surface area contributed by atoms with Gasteiger partial charge in [-0.2, -0.15) is 5.10 Å². The van der Waals surface area contributed by atoms with Gasteiger partial charge in [0.25, 0.3) is 0 Å². The lowest BCUT2D eigenvalue weighted by Crippen LogP contribution is -2.45. The maximum Gasteiger partial charge on any atom is 0.0610 e. The van der Waals surface area contributed by atoms with Crippen molar-refractivity contribution < 1.29 is 5.11 Å². The van der Waals surface area contributed by atoms with Gasteiger partial charge in [0, 0.05) is 30.9 Å². The molecule has 1 unspecified atom stereocenters. The van der Waals surface area contributed by atoms with Crippen LogP contribution in [-0.4, -0.2) is 27.0 Å². The van der Waals surface area contributed by atoms with Gasteiger partial charge < -0.3 is 10.4 Å². The number of hydrogen-bond donors (Lipinski definition) is 2.